The standard InChI is InChI=1S/C37H35Ge2N2O.C22H21N2.Pt/c1-38(2)22-23-39(3,4)36-32(38)24-29(25-35(36)42)40-26-41(34-21-12-11-20-33(34)40)37-30(27-14-7-5-8-15-27)18-13-19-31(37)28-16-9-6-10-17-28;1-15-9-10-18-17-7-5-6-8-19(17)24(20(18)13-15)21-14-16(11-12-23-21)22(2,3)4;/h5-21,24,42H,22-23H2,1-4H3;5-12,14H,1-4H3;/q2*-1;/i5D,6D,7D,8D,9D,10D,14D,15D,16D,17D;;. The first kappa shape index (κ1) is 35.6. The van der Waals surface area contributed by atoms with Gasteiger partial charge in [0.05, 0.1) is 2.74 Å². The van der Waals surface area contributed by atoms with Gasteiger partial charge in [0, 0.05) is 32.8 Å². The summed E-state index contributed by atoms with van der Waals surface area (Å²) in [6, 6.07) is 33.1. The van der Waals surface area contributed by atoms with Gasteiger partial charge in [0.1, 0.15) is 5.82 Å². The molecular formula is C59H56Ge2N4OPt-2. The van der Waals surface area contributed by atoms with Crippen LogP contribution in [0.15, 0.2) is 164 Å². The molecule has 5 nitrogen and oxygen atoms in total. The molecule has 1 aliphatic rings. The number of phenols is 1. The van der Waals surface area contributed by atoms with Crippen LogP contribution in [0.1, 0.15) is 45.6 Å². The van der Waals surface area contributed by atoms with Gasteiger partial charge >= 0.3 is 266 Å². The zero-order valence-electron chi connectivity index (χ0n) is 48.8. The van der Waals surface area contributed by atoms with E-state index in [0.717, 1.165) is 26.5 Å². The Hall–Kier alpha value is -5.47. The molecule has 0 atom stereocenters. The van der Waals surface area contributed by atoms with E-state index in [0.29, 0.717) is 16.7 Å². The number of benzene rings is 7. The van der Waals surface area contributed by atoms with Crippen LogP contribution >= 0.6 is 0 Å². The van der Waals surface area contributed by atoms with E-state index in [9.17, 15) is 5.11 Å². The zero-order valence-corrected chi connectivity index (χ0v) is 45.2. The minimum Gasteiger partial charge on any atom is 0 e. The molecule has 8 heteroatoms. The molecule has 4 heterocycles. The maximum atomic E-state index is 11.6. The third kappa shape index (κ3) is 8.68. The number of nitrogens with zero attached hydrogens (tertiary/aromatic N) is 4. The number of fused-ring (bicyclic) bond motifs is 5. The monoisotopic (exact) mass is 1190 g/mol. The second-order valence-electron chi connectivity index (χ2n) is 19.4. The Morgan fingerprint density at radius 1 is 0.701 bits per heavy atom. The summed E-state index contributed by atoms with van der Waals surface area (Å²) in [6.07, 6.45) is 5.31. The van der Waals surface area contributed by atoms with Crippen molar-refractivity contribution in [3.63, 3.8) is 0 Å². The first-order valence-electron chi connectivity index (χ1n) is 27.3. The Bertz CT molecular complexity index is 3910. The number of imidazole rings is 1. The van der Waals surface area contributed by atoms with Crippen LogP contribution in [0.4, 0.5) is 0 Å². The van der Waals surface area contributed by atoms with E-state index in [1.165, 1.54) is 31.5 Å². The minimum atomic E-state index is -2.54. The molecule has 0 amide bonds. The number of hydrogen-bond acceptors (Lipinski definition) is 2. The summed E-state index contributed by atoms with van der Waals surface area (Å²) in [5.41, 5.74) is 6.89. The molecule has 0 saturated heterocycles. The molecule has 3 aromatic heterocycles. The van der Waals surface area contributed by atoms with Crippen LogP contribution in [-0.4, -0.2) is 45.8 Å². The number of para-hydroxylation sites is 4. The molecule has 0 saturated carbocycles. The van der Waals surface area contributed by atoms with Crippen molar-refractivity contribution in [3.8, 4) is 45.2 Å². The topological polar surface area (TPSA) is 46.9 Å². The van der Waals surface area contributed by atoms with Gasteiger partial charge in [0.2, 0.25) is 0 Å². The summed E-state index contributed by atoms with van der Waals surface area (Å²) >= 11 is -5.06. The molecular weight excluding hydrogens is 1120 g/mol. The van der Waals surface area contributed by atoms with E-state index >= 15 is 0 Å². The average molecular weight is 1190 g/mol. The molecule has 1 aliphatic heterocycles. The van der Waals surface area contributed by atoms with Gasteiger partial charge in [-0.05, 0) is 34.6 Å². The van der Waals surface area contributed by atoms with Gasteiger partial charge in [0.15, 0.2) is 0 Å². The van der Waals surface area contributed by atoms with E-state index in [4.69, 9.17) is 13.7 Å². The van der Waals surface area contributed by atoms with Gasteiger partial charge in [0.25, 0.3) is 0 Å². The van der Waals surface area contributed by atoms with Crippen molar-refractivity contribution < 1.29 is 44.4 Å². The van der Waals surface area contributed by atoms with Crippen molar-refractivity contribution in [2.45, 2.75) is 66.6 Å². The molecule has 338 valence electrons. The van der Waals surface area contributed by atoms with Crippen molar-refractivity contribution >= 4 is 68.2 Å². The van der Waals surface area contributed by atoms with Crippen molar-refractivity contribution in [2.24, 2.45) is 0 Å². The van der Waals surface area contributed by atoms with Crippen LogP contribution in [0.3, 0.4) is 0 Å². The molecule has 0 bridgehead atoms. The Morgan fingerprint density at radius 2 is 1.33 bits per heavy atom. The van der Waals surface area contributed by atoms with Gasteiger partial charge in [-0.25, -0.2) is 4.98 Å². The van der Waals surface area contributed by atoms with E-state index < -0.39 is 87.0 Å². The van der Waals surface area contributed by atoms with E-state index in [1.54, 1.807) is 27.3 Å². The zero-order chi connectivity index (χ0) is 54.7. The Balaban J connectivity index is 0.000000241. The second kappa shape index (κ2) is 18.2. The fourth-order valence-corrected chi connectivity index (χ4v) is 40.0. The minimum absolute atomic E-state index is 0. The number of rotatable bonds is 5. The molecule has 7 aromatic carbocycles. The second-order valence-corrected chi connectivity index (χ2v) is 39.5. The van der Waals surface area contributed by atoms with E-state index in [-0.39, 0.29) is 60.2 Å². The predicted molar refractivity (Wildman–Crippen MR) is 280 cm³/mol. The van der Waals surface area contributed by atoms with Crippen molar-refractivity contribution in [1.82, 2.24) is 14.1 Å². The molecule has 1 N–H and O–H groups in total. The molecule has 0 fully saturated rings. The van der Waals surface area contributed by atoms with E-state index in [2.05, 4.69) is 133 Å². The summed E-state index contributed by atoms with van der Waals surface area (Å²) in [7, 11) is 0. The van der Waals surface area contributed by atoms with Crippen molar-refractivity contribution in [3.05, 3.63) is 193 Å². The Labute approximate surface area is 429 Å². The summed E-state index contributed by atoms with van der Waals surface area (Å²) < 4.78 is 93.8. The maximum absolute atomic E-state index is 11.6. The SMILES string of the molecule is Cc1[c-]c2c(cc1)c1ccccc1n2-c1cc(C(C)(C)C)ccn1.[2H]c1c([2H])c([2H])c(-c2cccc(-c3c([2H])c([2H])c([2H])c([2H])c3[2H])c2-[n+]2[c-]n(-c3[c-]c(O)[c]4[c](c3)[Ge]([CH3])([CH3])[CH2][CH2][Ge]4([CH3])[CH3])c3ccccc32)c([2H])c1[2H].[Pt]. The third-order valence-electron chi connectivity index (χ3n) is 13.0. The normalized spacial score (nSPS) is 16.1. The average Bonchev–Trinajstić information content (AvgIpc) is 3.99. The van der Waals surface area contributed by atoms with Gasteiger partial charge < -0.3 is 4.57 Å². The number of aromatic nitrogens is 4. The van der Waals surface area contributed by atoms with Crippen LogP contribution in [-0.2, 0) is 26.5 Å². The first-order chi connectivity index (χ1) is 35.8. The van der Waals surface area contributed by atoms with Crippen LogP contribution < -0.4 is 13.4 Å². The number of aromatic hydroxyl groups is 1. The van der Waals surface area contributed by atoms with Gasteiger partial charge in [-0.15, -0.1) is 5.39 Å². The van der Waals surface area contributed by atoms with Gasteiger partial charge in [-0.1, -0.05) is 51.4 Å². The molecule has 10 aromatic rings. The number of pyridine rings is 1. The molecule has 0 radical (unpaired) electrons. The molecule has 0 spiro atoms. The smallest absolute Gasteiger partial charge is 0 e. The summed E-state index contributed by atoms with van der Waals surface area (Å²) in [5.74, 6) is 10.5. The van der Waals surface area contributed by atoms with Crippen molar-refractivity contribution in [2.75, 3.05) is 0 Å². The van der Waals surface area contributed by atoms with E-state index in [1.807, 2.05) is 30.5 Å². The first-order valence-corrected chi connectivity index (χ1v) is 35.7. The van der Waals surface area contributed by atoms with Crippen molar-refractivity contribution in [1.29, 1.82) is 0 Å². The Morgan fingerprint density at radius 3 is 2.00 bits per heavy atom. The third-order valence-corrected chi connectivity index (χ3v) is 30.4. The Kier molecular flexibility index (Phi) is 9.69. The molecule has 0 unspecified atom stereocenters. The summed E-state index contributed by atoms with van der Waals surface area (Å²) in [5, 5.41) is 16.4. The summed E-state index contributed by atoms with van der Waals surface area (Å²) in [4.78, 5) is 4.67. The van der Waals surface area contributed by atoms with Crippen LogP contribution in [0.5, 0.6) is 5.75 Å². The number of aryl methyl sites for hydroxylation is 1. The van der Waals surface area contributed by atoms with Gasteiger partial charge in [-0.2, -0.15) is 23.8 Å². The predicted octanol–water partition coefficient (Wildman–Crippen LogP) is 13.0. The number of hydrogen-bond donors (Lipinski definition) is 1. The van der Waals surface area contributed by atoms with Crippen LogP contribution in [0.2, 0.25) is 33.5 Å². The van der Waals surface area contributed by atoms with Gasteiger partial charge in [-0.3, -0.25) is 0 Å². The number of phenolic OH excluding ortho intramolecular Hbond substituents is 1. The van der Waals surface area contributed by atoms with Crippen LogP contribution in [0.25, 0.3) is 72.3 Å². The fourth-order valence-electron chi connectivity index (χ4n) is 9.38. The molecule has 0 aliphatic carbocycles. The summed E-state index contributed by atoms with van der Waals surface area (Å²) in [6.45, 7) is 8.78. The molecule has 67 heavy (non-hydrogen) atoms. The van der Waals surface area contributed by atoms with Crippen LogP contribution in [0, 0.1) is 25.4 Å². The quantitative estimate of drug-likeness (QED) is 0.106. The molecule has 11 rings (SSSR count). The fraction of sp³-hybridized carbons (Fsp3) is 0.186.